The summed E-state index contributed by atoms with van der Waals surface area (Å²) in [7, 11) is 3.55. The van der Waals surface area contributed by atoms with Crippen molar-refractivity contribution in [1.29, 1.82) is 0 Å². The summed E-state index contributed by atoms with van der Waals surface area (Å²) in [6.07, 6.45) is 3.48. The van der Waals surface area contributed by atoms with Gasteiger partial charge in [-0.3, -0.25) is 9.48 Å². The molecular formula is C18H20ClN5O3S. The molecule has 1 amide bonds. The molecule has 1 aromatic carbocycles. The molecule has 0 fully saturated rings. The van der Waals surface area contributed by atoms with Crippen molar-refractivity contribution >= 4 is 34.8 Å². The van der Waals surface area contributed by atoms with Gasteiger partial charge in [0.2, 0.25) is 5.91 Å². The first-order valence-corrected chi connectivity index (χ1v) is 9.34. The first-order valence-electron chi connectivity index (χ1n) is 8.46. The van der Waals surface area contributed by atoms with Crippen molar-refractivity contribution in [3.05, 3.63) is 41.5 Å². The van der Waals surface area contributed by atoms with Gasteiger partial charge in [0, 0.05) is 29.8 Å². The number of rotatable bonds is 5. The maximum Gasteiger partial charge on any atom is 0.247 e. The zero-order chi connectivity index (χ0) is 18.8. The highest BCUT2D eigenvalue weighted by Crippen LogP contribution is 2.35. The van der Waals surface area contributed by atoms with E-state index < -0.39 is 6.04 Å². The summed E-state index contributed by atoms with van der Waals surface area (Å²) in [5.74, 6) is 1.26. The maximum atomic E-state index is 12.6. The van der Waals surface area contributed by atoms with E-state index in [1.165, 1.54) is 11.3 Å². The van der Waals surface area contributed by atoms with Gasteiger partial charge >= 0.3 is 0 Å². The maximum absolute atomic E-state index is 12.6. The Hall–Kier alpha value is -2.62. The quantitative estimate of drug-likeness (QED) is 0.658. The summed E-state index contributed by atoms with van der Waals surface area (Å²) in [5.41, 5.74) is 2.48. The van der Waals surface area contributed by atoms with E-state index in [9.17, 15) is 4.79 Å². The average Bonchev–Trinajstić information content (AvgIpc) is 3.31. The number of benzene rings is 1. The second-order valence-electron chi connectivity index (χ2n) is 6.05. The number of hydrogen-bond donors (Lipinski definition) is 2. The fraction of sp³-hybridized carbons (Fsp3) is 0.278. The largest absolute Gasteiger partial charge is 0.486 e. The molecule has 10 heteroatoms. The summed E-state index contributed by atoms with van der Waals surface area (Å²) in [6.45, 7) is 1.09. The van der Waals surface area contributed by atoms with Crippen molar-refractivity contribution in [3.63, 3.8) is 0 Å². The summed E-state index contributed by atoms with van der Waals surface area (Å²) < 4.78 is 12.8. The molecule has 1 atom stereocenters. The van der Waals surface area contributed by atoms with Crippen LogP contribution in [0.5, 0.6) is 11.5 Å². The molecule has 28 heavy (non-hydrogen) atoms. The Kier molecular flexibility index (Phi) is 6.18. The minimum absolute atomic E-state index is 0. The predicted molar refractivity (Wildman–Crippen MR) is 109 cm³/mol. The third-order valence-electron chi connectivity index (χ3n) is 4.18. The molecule has 0 spiro atoms. The molecule has 148 valence electrons. The van der Waals surface area contributed by atoms with Gasteiger partial charge < -0.3 is 20.1 Å². The van der Waals surface area contributed by atoms with E-state index in [4.69, 9.17) is 9.47 Å². The molecule has 8 nitrogen and oxygen atoms in total. The van der Waals surface area contributed by atoms with E-state index in [-0.39, 0.29) is 18.3 Å². The summed E-state index contributed by atoms with van der Waals surface area (Å²) >= 11 is 1.37. The van der Waals surface area contributed by atoms with Gasteiger partial charge in [-0.15, -0.1) is 23.7 Å². The highest BCUT2D eigenvalue weighted by molar-refractivity contribution is 7.14. The van der Waals surface area contributed by atoms with E-state index in [0.717, 1.165) is 22.6 Å². The average molecular weight is 422 g/mol. The lowest BCUT2D eigenvalue weighted by atomic mass is 10.1. The van der Waals surface area contributed by atoms with Gasteiger partial charge in [-0.2, -0.15) is 5.10 Å². The highest BCUT2D eigenvalue weighted by Gasteiger charge is 2.21. The first-order chi connectivity index (χ1) is 13.1. The lowest BCUT2D eigenvalue weighted by Gasteiger charge is -2.18. The Bertz CT molecular complexity index is 974. The number of thiazole rings is 1. The molecule has 0 aliphatic carbocycles. The van der Waals surface area contributed by atoms with Gasteiger partial charge in [-0.25, -0.2) is 4.98 Å². The smallest absolute Gasteiger partial charge is 0.247 e. The fourth-order valence-corrected chi connectivity index (χ4v) is 3.60. The van der Waals surface area contributed by atoms with E-state index in [2.05, 4.69) is 20.7 Å². The van der Waals surface area contributed by atoms with Gasteiger partial charge in [0.1, 0.15) is 19.3 Å². The van der Waals surface area contributed by atoms with E-state index in [1.54, 1.807) is 17.9 Å². The number of likely N-dealkylation sites (N-methyl/N-ethyl adjacent to an activating group) is 1. The normalized spacial score (nSPS) is 13.5. The van der Waals surface area contributed by atoms with Crippen LogP contribution in [0, 0.1) is 0 Å². The Morgan fingerprint density at radius 3 is 2.79 bits per heavy atom. The molecule has 0 bridgehead atoms. The molecule has 4 rings (SSSR count). The number of fused-ring (bicyclic) bond motifs is 1. The van der Waals surface area contributed by atoms with Crippen LogP contribution < -0.4 is 20.1 Å². The molecule has 3 heterocycles. The first kappa shape index (κ1) is 20.1. The van der Waals surface area contributed by atoms with Crippen molar-refractivity contribution in [3.8, 4) is 22.8 Å². The third kappa shape index (κ3) is 4.11. The summed E-state index contributed by atoms with van der Waals surface area (Å²) in [6, 6.07) is 5.21. The van der Waals surface area contributed by atoms with Crippen LogP contribution in [0.4, 0.5) is 5.13 Å². The Labute approximate surface area is 172 Å². The van der Waals surface area contributed by atoms with E-state index in [0.29, 0.717) is 24.1 Å². The van der Waals surface area contributed by atoms with Crippen molar-refractivity contribution in [2.45, 2.75) is 6.04 Å². The molecule has 1 aliphatic heterocycles. The number of hydrogen-bond acceptors (Lipinski definition) is 7. The standard InChI is InChI=1S/C18H19N5O3S.ClH/c1-19-16(12-8-20-23(2)9-12)17(24)22-18-21-13(10-27-18)11-3-4-14-15(7-11)26-6-5-25-14;/h3-4,7-10,16,19H,5-6H2,1-2H3,(H,21,22,24);1H. The van der Waals surface area contributed by atoms with Gasteiger partial charge in [-0.1, -0.05) is 0 Å². The Morgan fingerprint density at radius 1 is 1.29 bits per heavy atom. The van der Waals surface area contributed by atoms with Gasteiger partial charge in [0.05, 0.1) is 11.9 Å². The number of aromatic nitrogens is 3. The van der Waals surface area contributed by atoms with Crippen molar-refractivity contribution in [2.75, 3.05) is 25.6 Å². The number of carbonyl (C=O) groups is 1. The predicted octanol–water partition coefficient (Wildman–Crippen LogP) is 2.64. The number of anilines is 1. The number of nitrogens with one attached hydrogen (secondary N) is 2. The summed E-state index contributed by atoms with van der Waals surface area (Å²) in [4.78, 5) is 17.1. The van der Waals surface area contributed by atoms with Crippen LogP contribution in [-0.4, -0.2) is 40.9 Å². The summed E-state index contributed by atoms with van der Waals surface area (Å²) in [5, 5.41) is 12.4. The fourth-order valence-electron chi connectivity index (χ4n) is 2.88. The van der Waals surface area contributed by atoms with Crippen molar-refractivity contribution < 1.29 is 14.3 Å². The lowest BCUT2D eigenvalue weighted by Crippen LogP contribution is -2.30. The molecular weight excluding hydrogens is 402 g/mol. The molecule has 0 radical (unpaired) electrons. The molecule has 0 saturated carbocycles. The number of amides is 1. The molecule has 2 N–H and O–H groups in total. The van der Waals surface area contributed by atoms with Crippen LogP contribution in [0.15, 0.2) is 36.0 Å². The minimum Gasteiger partial charge on any atom is -0.486 e. The molecule has 1 unspecified atom stereocenters. The molecule has 0 saturated heterocycles. The number of nitrogens with zero attached hydrogens (tertiary/aromatic N) is 3. The zero-order valence-corrected chi connectivity index (χ0v) is 17.0. The van der Waals surface area contributed by atoms with Crippen LogP contribution in [0.3, 0.4) is 0 Å². The van der Waals surface area contributed by atoms with Crippen molar-refractivity contribution in [1.82, 2.24) is 20.1 Å². The minimum atomic E-state index is -0.500. The van der Waals surface area contributed by atoms with Crippen LogP contribution in [0.2, 0.25) is 0 Å². The number of ether oxygens (including phenoxy) is 2. The molecule has 2 aromatic heterocycles. The second-order valence-corrected chi connectivity index (χ2v) is 6.91. The Morgan fingerprint density at radius 2 is 2.07 bits per heavy atom. The number of carbonyl (C=O) groups excluding carboxylic acids is 1. The monoisotopic (exact) mass is 421 g/mol. The van der Waals surface area contributed by atoms with Gasteiger partial charge in [0.25, 0.3) is 0 Å². The number of halogens is 1. The van der Waals surface area contributed by atoms with E-state index in [1.807, 2.05) is 36.8 Å². The van der Waals surface area contributed by atoms with Gasteiger partial charge in [-0.05, 0) is 25.2 Å². The Balaban J connectivity index is 0.00000225. The SMILES string of the molecule is CNC(C(=O)Nc1nc(-c2ccc3c(c2)OCCO3)cs1)c1cnn(C)c1.Cl. The topological polar surface area (TPSA) is 90.3 Å². The van der Waals surface area contributed by atoms with Crippen LogP contribution in [0.1, 0.15) is 11.6 Å². The van der Waals surface area contributed by atoms with Crippen LogP contribution in [0.25, 0.3) is 11.3 Å². The zero-order valence-electron chi connectivity index (χ0n) is 15.3. The number of aryl methyl sites for hydroxylation is 1. The highest BCUT2D eigenvalue weighted by atomic mass is 35.5. The molecule has 1 aliphatic rings. The molecule has 3 aromatic rings. The lowest BCUT2D eigenvalue weighted by molar-refractivity contribution is -0.118. The third-order valence-corrected chi connectivity index (χ3v) is 4.94. The van der Waals surface area contributed by atoms with Gasteiger partial charge in [0.15, 0.2) is 16.6 Å². The second kappa shape index (κ2) is 8.59. The van der Waals surface area contributed by atoms with Crippen LogP contribution >= 0.6 is 23.7 Å². The van der Waals surface area contributed by atoms with Crippen LogP contribution in [-0.2, 0) is 11.8 Å². The van der Waals surface area contributed by atoms with E-state index >= 15 is 0 Å². The van der Waals surface area contributed by atoms with Crippen molar-refractivity contribution in [2.24, 2.45) is 7.05 Å².